The molecule has 2 aromatic carbocycles. The fourth-order valence-electron chi connectivity index (χ4n) is 1.77. The molecule has 0 amide bonds. The van der Waals surface area contributed by atoms with Crippen LogP contribution in [0.15, 0.2) is 41.3 Å². The lowest BCUT2D eigenvalue weighted by Gasteiger charge is -2.12. The molecular weight excluding hydrogens is 409 g/mol. The largest absolute Gasteiger partial charge is 0.278 e. The van der Waals surface area contributed by atoms with Gasteiger partial charge in [0.1, 0.15) is 0 Å². The van der Waals surface area contributed by atoms with Gasteiger partial charge in [0.15, 0.2) is 0 Å². The average Bonchev–Trinajstić information content (AvgIpc) is 2.35. The van der Waals surface area contributed by atoms with Gasteiger partial charge in [-0.05, 0) is 71.8 Å². The molecule has 106 valence electrons. The summed E-state index contributed by atoms with van der Waals surface area (Å²) in [6.45, 7) is 3.62. The van der Waals surface area contributed by atoms with Crippen LogP contribution in [0.5, 0.6) is 0 Å². The van der Waals surface area contributed by atoms with Crippen LogP contribution in [0.1, 0.15) is 11.1 Å². The van der Waals surface area contributed by atoms with E-state index < -0.39 is 10.0 Å². The van der Waals surface area contributed by atoms with E-state index >= 15 is 0 Å². The minimum atomic E-state index is -3.64. The fourth-order valence-corrected chi connectivity index (χ4v) is 4.14. The van der Waals surface area contributed by atoms with Crippen LogP contribution >= 0.6 is 34.2 Å². The highest BCUT2D eigenvalue weighted by Crippen LogP contribution is 2.27. The van der Waals surface area contributed by atoms with Crippen molar-refractivity contribution in [3.63, 3.8) is 0 Å². The minimum absolute atomic E-state index is 0.270. The molecule has 6 heteroatoms. The number of hydrogen-bond acceptors (Lipinski definition) is 2. The maximum Gasteiger partial charge on any atom is 0.262 e. The molecule has 20 heavy (non-hydrogen) atoms. The molecule has 0 saturated heterocycles. The van der Waals surface area contributed by atoms with E-state index in [2.05, 4.69) is 27.3 Å². The van der Waals surface area contributed by atoms with E-state index in [1.54, 1.807) is 37.3 Å². The monoisotopic (exact) mass is 421 g/mol. The lowest BCUT2D eigenvalue weighted by molar-refractivity contribution is 0.600. The zero-order valence-corrected chi connectivity index (χ0v) is 14.7. The first-order valence-electron chi connectivity index (χ1n) is 5.85. The summed E-state index contributed by atoms with van der Waals surface area (Å²) in [5.74, 6) is 0. The quantitative estimate of drug-likeness (QED) is 0.749. The first kappa shape index (κ1) is 15.6. The zero-order valence-electron chi connectivity index (χ0n) is 10.9. The maximum atomic E-state index is 12.4. The van der Waals surface area contributed by atoms with E-state index in [0.717, 1.165) is 9.13 Å². The fraction of sp³-hybridized carbons (Fsp3) is 0.143. The highest BCUT2D eigenvalue weighted by atomic mass is 127. The molecule has 0 aliphatic rings. The molecule has 3 nitrogen and oxygen atoms in total. The topological polar surface area (TPSA) is 46.2 Å². The molecule has 0 fully saturated rings. The van der Waals surface area contributed by atoms with E-state index in [-0.39, 0.29) is 4.90 Å². The maximum absolute atomic E-state index is 12.4. The number of sulfonamides is 1. The standard InChI is InChI=1S/C14H13ClINO2S/c1-9-3-4-10(2)14(7-9)20(18,19)17-13-6-5-11(16)8-12(13)15/h3-8,17H,1-2H3. The van der Waals surface area contributed by atoms with Gasteiger partial charge < -0.3 is 0 Å². The van der Waals surface area contributed by atoms with Crippen LogP contribution in [-0.2, 0) is 10.0 Å². The molecule has 0 aliphatic heterocycles. The Bertz CT molecular complexity index is 760. The number of anilines is 1. The van der Waals surface area contributed by atoms with Gasteiger partial charge in [0.25, 0.3) is 10.0 Å². The van der Waals surface area contributed by atoms with Gasteiger partial charge in [-0.3, -0.25) is 4.72 Å². The van der Waals surface area contributed by atoms with Crippen molar-refractivity contribution in [3.05, 3.63) is 56.1 Å². The normalized spacial score (nSPS) is 11.4. The second-order valence-corrected chi connectivity index (χ2v) is 7.80. The van der Waals surface area contributed by atoms with E-state index in [1.165, 1.54) is 0 Å². The van der Waals surface area contributed by atoms with Gasteiger partial charge in [0.2, 0.25) is 0 Å². The zero-order chi connectivity index (χ0) is 14.9. The Morgan fingerprint density at radius 1 is 1.10 bits per heavy atom. The Balaban J connectivity index is 2.43. The highest BCUT2D eigenvalue weighted by Gasteiger charge is 2.18. The van der Waals surface area contributed by atoms with E-state index in [9.17, 15) is 8.42 Å². The summed E-state index contributed by atoms with van der Waals surface area (Å²) in [6, 6.07) is 10.5. The Labute approximate surface area is 137 Å². The predicted molar refractivity (Wildman–Crippen MR) is 90.9 cm³/mol. The molecule has 0 aromatic heterocycles. The van der Waals surface area contributed by atoms with Crippen molar-refractivity contribution >= 4 is 49.9 Å². The highest BCUT2D eigenvalue weighted by molar-refractivity contribution is 14.1. The Hall–Kier alpha value is -0.790. The first-order valence-corrected chi connectivity index (χ1v) is 8.79. The number of rotatable bonds is 3. The van der Waals surface area contributed by atoms with Gasteiger partial charge in [0, 0.05) is 3.57 Å². The van der Waals surface area contributed by atoms with Gasteiger partial charge in [0.05, 0.1) is 15.6 Å². The van der Waals surface area contributed by atoms with Crippen LogP contribution in [-0.4, -0.2) is 8.42 Å². The number of nitrogens with one attached hydrogen (secondary N) is 1. The van der Waals surface area contributed by atoms with Crippen LogP contribution in [0.2, 0.25) is 5.02 Å². The van der Waals surface area contributed by atoms with Gasteiger partial charge in [-0.15, -0.1) is 0 Å². The van der Waals surface area contributed by atoms with E-state index in [1.807, 2.05) is 13.0 Å². The third-order valence-electron chi connectivity index (χ3n) is 2.81. The summed E-state index contributed by atoms with van der Waals surface area (Å²) in [4.78, 5) is 0.270. The molecule has 2 rings (SSSR count). The Morgan fingerprint density at radius 3 is 2.45 bits per heavy atom. The molecule has 0 radical (unpaired) electrons. The Kier molecular flexibility index (Phi) is 4.61. The van der Waals surface area contributed by atoms with Crippen molar-refractivity contribution in [2.24, 2.45) is 0 Å². The second kappa shape index (κ2) is 5.91. The van der Waals surface area contributed by atoms with E-state index in [4.69, 9.17) is 11.6 Å². The van der Waals surface area contributed by atoms with Gasteiger partial charge in [-0.2, -0.15) is 0 Å². The molecule has 0 heterocycles. The minimum Gasteiger partial charge on any atom is -0.278 e. The molecule has 1 N–H and O–H groups in total. The molecule has 0 saturated carbocycles. The number of halogens is 2. The van der Waals surface area contributed by atoms with Gasteiger partial charge in [-0.1, -0.05) is 23.7 Å². The summed E-state index contributed by atoms with van der Waals surface area (Å²) in [5, 5.41) is 0.380. The number of benzene rings is 2. The van der Waals surface area contributed by atoms with Crippen LogP contribution in [0.4, 0.5) is 5.69 Å². The van der Waals surface area contributed by atoms with Crippen molar-refractivity contribution in [1.82, 2.24) is 0 Å². The van der Waals surface area contributed by atoms with Gasteiger partial charge in [-0.25, -0.2) is 8.42 Å². The van der Waals surface area contributed by atoms with Crippen LogP contribution in [0.3, 0.4) is 0 Å². The second-order valence-electron chi connectivity index (χ2n) is 4.50. The van der Waals surface area contributed by atoms with Crippen LogP contribution in [0.25, 0.3) is 0 Å². The summed E-state index contributed by atoms with van der Waals surface area (Å²) in [6.07, 6.45) is 0. The third-order valence-corrected chi connectivity index (χ3v) is 5.30. The molecule has 0 aliphatic carbocycles. The van der Waals surface area contributed by atoms with E-state index in [0.29, 0.717) is 16.3 Å². The molecule has 0 spiro atoms. The Morgan fingerprint density at radius 2 is 1.80 bits per heavy atom. The summed E-state index contributed by atoms with van der Waals surface area (Å²) >= 11 is 8.18. The summed E-state index contributed by atoms with van der Waals surface area (Å²) in [5.41, 5.74) is 1.97. The number of hydrogen-bond donors (Lipinski definition) is 1. The van der Waals surface area contributed by atoms with Crippen molar-refractivity contribution in [2.45, 2.75) is 18.7 Å². The van der Waals surface area contributed by atoms with Crippen LogP contribution < -0.4 is 4.72 Å². The van der Waals surface area contributed by atoms with Crippen LogP contribution in [0, 0.1) is 17.4 Å². The molecule has 0 bridgehead atoms. The average molecular weight is 422 g/mol. The predicted octanol–water partition coefficient (Wildman–Crippen LogP) is 4.36. The van der Waals surface area contributed by atoms with Crippen molar-refractivity contribution in [2.75, 3.05) is 4.72 Å². The molecule has 0 atom stereocenters. The lowest BCUT2D eigenvalue weighted by atomic mass is 10.2. The lowest BCUT2D eigenvalue weighted by Crippen LogP contribution is -2.14. The summed E-state index contributed by atoms with van der Waals surface area (Å²) in [7, 11) is -3.64. The van der Waals surface area contributed by atoms with Crippen molar-refractivity contribution in [3.8, 4) is 0 Å². The molecule has 2 aromatic rings. The smallest absolute Gasteiger partial charge is 0.262 e. The number of aryl methyl sites for hydroxylation is 2. The van der Waals surface area contributed by atoms with Crippen molar-refractivity contribution in [1.29, 1.82) is 0 Å². The molecule has 0 unspecified atom stereocenters. The van der Waals surface area contributed by atoms with Crippen molar-refractivity contribution < 1.29 is 8.42 Å². The SMILES string of the molecule is Cc1ccc(C)c(S(=O)(=O)Nc2ccc(I)cc2Cl)c1. The first-order chi connectivity index (χ1) is 9.29. The van der Waals surface area contributed by atoms with Gasteiger partial charge >= 0.3 is 0 Å². The molecular formula is C14H13ClINO2S. The third kappa shape index (κ3) is 3.45. The summed E-state index contributed by atoms with van der Waals surface area (Å²) < 4.78 is 28.4.